The van der Waals surface area contributed by atoms with E-state index < -0.39 is 0 Å². The molecule has 0 atom stereocenters. The van der Waals surface area contributed by atoms with Crippen LogP contribution in [0.25, 0.3) is 28.0 Å². The Kier molecular flexibility index (Phi) is 5.85. The Bertz CT molecular complexity index is 1200. The van der Waals surface area contributed by atoms with Crippen LogP contribution in [0.1, 0.15) is 18.9 Å². The Labute approximate surface area is 183 Å². The molecule has 0 radical (unpaired) electrons. The van der Waals surface area contributed by atoms with Crippen LogP contribution in [0.2, 0.25) is 0 Å². The Hall–Kier alpha value is -3.47. The first-order valence-corrected chi connectivity index (χ1v) is 10.6. The molecule has 2 aromatic carbocycles. The molecule has 0 aliphatic rings. The predicted molar refractivity (Wildman–Crippen MR) is 127 cm³/mol. The normalized spacial score (nSPS) is 11.0. The van der Waals surface area contributed by atoms with Crippen LogP contribution in [-0.2, 0) is 0 Å². The van der Waals surface area contributed by atoms with E-state index in [1.807, 2.05) is 18.2 Å². The van der Waals surface area contributed by atoms with Crippen molar-refractivity contribution >= 4 is 11.3 Å². The van der Waals surface area contributed by atoms with E-state index in [1.165, 1.54) is 16.8 Å². The topological polar surface area (TPSA) is 39.0 Å². The lowest BCUT2D eigenvalue weighted by molar-refractivity contribution is 0.355. The van der Waals surface area contributed by atoms with E-state index in [9.17, 15) is 0 Å². The van der Waals surface area contributed by atoms with Crippen LogP contribution in [-0.4, -0.2) is 37.2 Å². The molecular formula is C26H29N3O2. The van der Waals surface area contributed by atoms with Crippen molar-refractivity contribution in [2.24, 2.45) is 0 Å². The van der Waals surface area contributed by atoms with Crippen LogP contribution in [0.4, 0.5) is 5.69 Å². The molecule has 4 rings (SSSR count). The van der Waals surface area contributed by atoms with Gasteiger partial charge in [0.05, 0.1) is 19.9 Å². The Morgan fingerprint density at radius 2 is 1.58 bits per heavy atom. The number of benzene rings is 2. The molecule has 0 fully saturated rings. The van der Waals surface area contributed by atoms with E-state index in [0.29, 0.717) is 11.5 Å². The van der Waals surface area contributed by atoms with Gasteiger partial charge in [-0.2, -0.15) is 0 Å². The quantitative estimate of drug-likeness (QED) is 0.380. The third kappa shape index (κ3) is 4.08. The van der Waals surface area contributed by atoms with Gasteiger partial charge in [-0.3, -0.25) is 0 Å². The fraction of sp³-hybridized carbons (Fsp3) is 0.269. The van der Waals surface area contributed by atoms with E-state index >= 15 is 0 Å². The van der Waals surface area contributed by atoms with Gasteiger partial charge in [-0.1, -0.05) is 19.1 Å². The number of anilines is 1. The third-order valence-electron chi connectivity index (χ3n) is 5.61. The van der Waals surface area contributed by atoms with Crippen molar-refractivity contribution in [3.8, 4) is 33.9 Å². The minimum atomic E-state index is 0.697. The molecule has 0 aliphatic heterocycles. The summed E-state index contributed by atoms with van der Waals surface area (Å²) < 4.78 is 12.9. The van der Waals surface area contributed by atoms with E-state index in [1.54, 1.807) is 14.2 Å². The summed E-state index contributed by atoms with van der Waals surface area (Å²) in [6.45, 7) is 5.36. The highest BCUT2D eigenvalue weighted by atomic mass is 16.5. The Balaban J connectivity index is 1.70. The number of rotatable bonds is 7. The summed E-state index contributed by atoms with van der Waals surface area (Å²) >= 11 is 0. The molecule has 5 heteroatoms. The predicted octanol–water partition coefficient (Wildman–Crippen LogP) is 5.84. The van der Waals surface area contributed by atoms with Crippen molar-refractivity contribution in [2.75, 3.05) is 32.7 Å². The number of hydrogen-bond acceptors (Lipinski definition) is 4. The lowest BCUT2D eigenvalue weighted by atomic mass is 10.1. The first-order valence-electron chi connectivity index (χ1n) is 10.6. The molecule has 2 heterocycles. The summed E-state index contributed by atoms with van der Waals surface area (Å²) in [4.78, 5) is 7.15. The molecule has 0 spiro atoms. The number of fused-ring (bicyclic) bond motifs is 1. The van der Waals surface area contributed by atoms with Gasteiger partial charge in [0.25, 0.3) is 0 Å². The number of ether oxygens (including phenoxy) is 2. The Morgan fingerprint density at radius 1 is 0.871 bits per heavy atom. The number of pyridine rings is 1. The highest BCUT2D eigenvalue weighted by Gasteiger charge is 2.12. The van der Waals surface area contributed by atoms with Gasteiger partial charge in [0, 0.05) is 37.2 Å². The number of imidazole rings is 1. The SMILES string of the molecule is CCCN(C)c1ccc(-c2cc(C)c3nc(-c4ccc(OC)c(OC)c4)cn3c2)cc1. The zero-order valence-electron chi connectivity index (χ0n) is 18.8. The van der Waals surface area contributed by atoms with Crippen molar-refractivity contribution < 1.29 is 9.47 Å². The molecule has 160 valence electrons. The maximum absolute atomic E-state index is 5.45. The van der Waals surface area contributed by atoms with Crippen molar-refractivity contribution in [3.63, 3.8) is 0 Å². The second kappa shape index (κ2) is 8.72. The zero-order chi connectivity index (χ0) is 22.0. The number of methoxy groups -OCH3 is 2. The monoisotopic (exact) mass is 415 g/mol. The molecule has 0 saturated carbocycles. The third-order valence-corrected chi connectivity index (χ3v) is 5.61. The van der Waals surface area contributed by atoms with E-state index in [2.05, 4.69) is 72.9 Å². The maximum Gasteiger partial charge on any atom is 0.161 e. The van der Waals surface area contributed by atoms with Gasteiger partial charge in [0.1, 0.15) is 5.65 Å². The molecule has 4 aromatic rings. The highest BCUT2D eigenvalue weighted by molar-refractivity contribution is 5.72. The molecule has 0 unspecified atom stereocenters. The lowest BCUT2D eigenvalue weighted by Gasteiger charge is -2.18. The summed E-state index contributed by atoms with van der Waals surface area (Å²) in [5.41, 5.74) is 7.58. The minimum absolute atomic E-state index is 0.697. The fourth-order valence-corrected chi connectivity index (χ4v) is 3.93. The van der Waals surface area contributed by atoms with Crippen LogP contribution >= 0.6 is 0 Å². The summed E-state index contributed by atoms with van der Waals surface area (Å²) in [5, 5.41) is 0. The largest absolute Gasteiger partial charge is 0.493 e. The van der Waals surface area contributed by atoms with Crippen LogP contribution in [0.3, 0.4) is 0 Å². The lowest BCUT2D eigenvalue weighted by Crippen LogP contribution is -2.17. The van der Waals surface area contributed by atoms with Gasteiger partial charge in [-0.05, 0) is 66.4 Å². The average molecular weight is 416 g/mol. The molecular weight excluding hydrogens is 386 g/mol. The summed E-state index contributed by atoms with van der Waals surface area (Å²) in [7, 11) is 5.42. The number of nitrogens with zero attached hydrogens (tertiary/aromatic N) is 3. The second-order valence-corrected chi connectivity index (χ2v) is 7.81. The summed E-state index contributed by atoms with van der Waals surface area (Å²) in [5.74, 6) is 1.41. The van der Waals surface area contributed by atoms with Crippen LogP contribution < -0.4 is 14.4 Å². The maximum atomic E-state index is 5.45. The van der Waals surface area contributed by atoms with Crippen LogP contribution in [0, 0.1) is 6.92 Å². The molecule has 0 bridgehead atoms. The van der Waals surface area contributed by atoms with Crippen molar-refractivity contribution in [2.45, 2.75) is 20.3 Å². The highest BCUT2D eigenvalue weighted by Crippen LogP contribution is 2.33. The molecule has 0 aliphatic carbocycles. The van der Waals surface area contributed by atoms with E-state index in [0.717, 1.165) is 35.4 Å². The Morgan fingerprint density at radius 3 is 2.26 bits per heavy atom. The smallest absolute Gasteiger partial charge is 0.161 e. The molecule has 2 aromatic heterocycles. The van der Waals surface area contributed by atoms with Crippen LogP contribution in [0.15, 0.2) is 60.9 Å². The number of aromatic nitrogens is 2. The number of hydrogen-bond donors (Lipinski definition) is 0. The second-order valence-electron chi connectivity index (χ2n) is 7.81. The molecule has 0 amide bonds. The van der Waals surface area contributed by atoms with Crippen molar-refractivity contribution in [1.82, 2.24) is 9.38 Å². The van der Waals surface area contributed by atoms with Crippen molar-refractivity contribution in [1.29, 1.82) is 0 Å². The number of aryl methyl sites for hydroxylation is 1. The van der Waals surface area contributed by atoms with Crippen LogP contribution in [0.5, 0.6) is 11.5 Å². The molecule has 0 saturated heterocycles. The average Bonchev–Trinajstić information content (AvgIpc) is 3.24. The molecule has 31 heavy (non-hydrogen) atoms. The van der Waals surface area contributed by atoms with E-state index in [-0.39, 0.29) is 0 Å². The first-order chi connectivity index (χ1) is 15.0. The van der Waals surface area contributed by atoms with Gasteiger partial charge in [0.2, 0.25) is 0 Å². The van der Waals surface area contributed by atoms with Gasteiger partial charge < -0.3 is 18.8 Å². The van der Waals surface area contributed by atoms with Gasteiger partial charge >= 0.3 is 0 Å². The van der Waals surface area contributed by atoms with Gasteiger partial charge in [-0.15, -0.1) is 0 Å². The minimum Gasteiger partial charge on any atom is -0.493 e. The standard InChI is InChI=1S/C26H29N3O2/c1-6-13-28(3)22-10-7-19(8-11-22)21-14-18(2)26-27-23(17-29(26)16-21)20-9-12-24(30-4)25(15-20)31-5/h7-12,14-17H,6,13H2,1-5H3. The van der Waals surface area contributed by atoms with E-state index in [4.69, 9.17) is 14.5 Å². The van der Waals surface area contributed by atoms with Gasteiger partial charge in [-0.25, -0.2) is 4.98 Å². The summed E-state index contributed by atoms with van der Waals surface area (Å²) in [6, 6.07) is 16.8. The molecule has 5 nitrogen and oxygen atoms in total. The first kappa shape index (κ1) is 20.8. The zero-order valence-corrected chi connectivity index (χ0v) is 18.8. The molecule has 0 N–H and O–H groups in total. The van der Waals surface area contributed by atoms with Crippen molar-refractivity contribution in [3.05, 3.63) is 66.5 Å². The van der Waals surface area contributed by atoms with Gasteiger partial charge in [0.15, 0.2) is 11.5 Å². The fourth-order valence-electron chi connectivity index (χ4n) is 3.93. The summed E-state index contributed by atoms with van der Waals surface area (Å²) in [6.07, 6.45) is 5.35.